The SMILES string of the molecule is Cc1cc(C)c(OCC(=O)NCC2(O)CCCC2)c(C)c1. The highest BCUT2D eigenvalue weighted by Crippen LogP contribution is 2.28. The average Bonchev–Trinajstić information content (AvgIpc) is 2.82. The van der Waals surface area contributed by atoms with Crippen molar-refractivity contribution in [3.8, 4) is 5.75 Å². The van der Waals surface area contributed by atoms with Gasteiger partial charge in [0.1, 0.15) is 5.75 Å². The molecule has 1 aliphatic carbocycles. The first kappa shape index (κ1) is 15.8. The second-order valence-corrected chi connectivity index (χ2v) is 6.22. The minimum Gasteiger partial charge on any atom is -0.483 e. The molecular formula is C17H25NO3. The van der Waals surface area contributed by atoms with Crippen molar-refractivity contribution in [2.45, 2.75) is 52.1 Å². The van der Waals surface area contributed by atoms with Crippen LogP contribution in [0.1, 0.15) is 42.4 Å². The van der Waals surface area contributed by atoms with Gasteiger partial charge >= 0.3 is 0 Å². The first-order valence-electron chi connectivity index (χ1n) is 7.59. The highest BCUT2D eigenvalue weighted by atomic mass is 16.5. The molecule has 0 atom stereocenters. The average molecular weight is 291 g/mol. The number of benzene rings is 1. The summed E-state index contributed by atoms with van der Waals surface area (Å²) in [6.07, 6.45) is 3.60. The lowest BCUT2D eigenvalue weighted by molar-refractivity contribution is -0.124. The van der Waals surface area contributed by atoms with E-state index in [0.29, 0.717) is 6.54 Å². The van der Waals surface area contributed by atoms with Crippen LogP contribution in [0.3, 0.4) is 0 Å². The Labute approximate surface area is 126 Å². The molecule has 1 saturated carbocycles. The largest absolute Gasteiger partial charge is 0.483 e. The lowest BCUT2D eigenvalue weighted by Crippen LogP contribution is -2.42. The molecule has 1 fully saturated rings. The van der Waals surface area contributed by atoms with Gasteiger partial charge in [0, 0.05) is 6.54 Å². The second-order valence-electron chi connectivity index (χ2n) is 6.22. The van der Waals surface area contributed by atoms with Gasteiger partial charge in [-0.05, 0) is 44.7 Å². The normalized spacial score (nSPS) is 16.8. The molecule has 21 heavy (non-hydrogen) atoms. The van der Waals surface area contributed by atoms with E-state index in [4.69, 9.17) is 4.74 Å². The molecule has 0 aromatic heterocycles. The summed E-state index contributed by atoms with van der Waals surface area (Å²) in [5, 5.41) is 13.0. The topological polar surface area (TPSA) is 58.6 Å². The van der Waals surface area contributed by atoms with Crippen molar-refractivity contribution in [2.24, 2.45) is 0 Å². The van der Waals surface area contributed by atoms with Gasteiger partial charge in [0.25, 0.3) is 5.91 Å². The van der Waals surface area contributed by atoms with Gasteiger partial charge in [0.15, 0.2) is 6.61 Å². The molecule has 0 unspecified atom stereocenters. The monoisotopic (exact) mass is 291 g/mol. The van der Waals surface area contributed by atoms with Crippen LogP contribution in [0.4, 0.5) is 0 Å². The smallest absolute Gasteiger partial charge is 0.258 e. The highest BCUT2D eigenvalue weighted by molar-refractivity contribution is 5.77. The van der Waals surface area contributed by atoms with Crippen LogP contribution in [0.2, 0.25) is 0 Å². The summed E-state index contributed by atoms with van der Waals surface area (Å²) in [6.45, 7) is 6.31. The van der Waals surface area contributed by atoms with Gasteiger partial charge in [0.2, 0.25) is 0 Å². The Kier molecular flexibility index (Phi) is 4.88. The predicted octanol–water partition coefficient (Wildman–Crippen LogP) is 2.41. The van der Waals surface area contributed by atoms with Crippen LogP contribution < -0.4 is 10.1 Å². The molecule has 1 aromatic carbocycles. The van der Waals surface area contributed by atoms with Gasteiger partial charge in [-0.2, -0.15) is 0 Å². The molecular weight excluding hydrogens is 266 g/mol. The lowest BCUT2D eigenvalue weighted by Gasteiger charge is -2.22. The van der Waals surface area contributed by atoms with Gasteiger partial charge in [-0.15, -0.1) is 0 Å². The van der Waals surface area contributed by atoms with Crippen LogP contribution in [-0.4, -0.2) is 29.8 Å². The van der Waals surface area contributed by atoms with Crippen LogP contribution in [-0.2, 0) is 4.79 Å². The van der Waals surface area contributed by atoms with E-state index in [1.807, 2.05) is 32.9 Å². The van der Waals surface area contributed by atoms with Crippen LogP contribution in [0, 0.1) is 20.8 Å². The van der Waals surface area contributed by atoms with Gasteiger partial charge in [-0.1, -0.05) is 30.5 Å². The summed E-state index contributed by atoms with van der Waals surface area (Å²) in [4.78, 5) is 11.9. The van der Waals surface area contributed by atoms with Crippen molar-refractivity contribution in [3.63, 3.8) is 0 Å². The van der Waals surface area contributed by atoms with Crippen molar-refractivity contribution < 1.29 is 14.6 Å². The Hall–Kier alpha value is -1.55. The minimum atomic E-state index is -0.717. The van der Waals surface area contributed by atoms with Crippen LogP contribution in [0.25, 0.3) is 0 Å². The van der Waals surface area contributed by atoms with E-state index in [9.17, 15) is 9.90 Å². The molecule has 0 saturated heterocycles. The number of carbonyl (C=O) groups excluding carboxylic acids is 1. The number of rotatable bonds is 5. The first-order valence-corrected chi connectivity index (χ1v) is 7.59. The van der Waals surface area contributed by atoms with Crippen LogP contribution in [0.15, 0.2) is 12.1 Å². The number of carbonyl (C=O) groups is 1. The fourth-order valence-electron chi connectivity index (χ4n) is 3.06. The van der Waals surface area contributed by atoms with Crippen molar-refractivity contribution in [3.05, 3.63) is 28.8 Å². The molecule has 0 spiro atoms. The molecule has 1 aromatic rings. The first-order chi connectivity index (χ1) is 9.89. The van der Waals surface area contributed by atoms with Gasteiger partial charge in [0.05, 0.1) is 5.60 Å². The number of amides is 1. The maximum Gasteiger partial charge on any atom is 0.258 e. The van der Waals surface area contributed by atoms with Crippen LogP contribution >= 0.6 is 0 Å². The van der Waals surface area contributed by atoms with Gasteiger partial charge in [-0.3, -0.25) is 4.79 Å². The molecule has 0 radical (unpaired) electrons. The van der Waals surface area contributed by atoms with Crippen molar-refractivity contribution in [2.75, 3.05) is 13.2 Å². The number of hydrogen-bond donors (Lipinski definition) is 2. The third-order valence-electron chi connectivity index (χ3n) is 4.10. The number of aliphatic hydroxyl groups is 1. The Bertz CT molecular complexity index is 496. The fourth-order valence-corrected chi connectivity index (χ4v) is 3.06. The van der Waals surface area contributed by atoms with E-state index in [-0.39, 0.29) is 12.5 Å². The van der Waals surface area contributed by atoms with E-state index in [0.717, 1.165) is 42.6 Å². The summed E-state index contributed by atoms with van der Waals surface area (Å²) in [6, 6.07) is 4.09. The zero-order valence-corrected chi connectivity index (χ0v) is 13.2. The third-order valence-corrected chi connectivity index (χ3v) is 4.10. The van der Waals surface area contributed by atoms with Gasteiger partial charge in [-0.25, -0.2) is 0 Å². The molecule has 2 rings (SSSR count). The maximum atomic E-state index is 11.9. The molecule has 0 heterocycles. The maximum absolute atomic E-state index is 11.9. The summed E-state index contributed by atoms with van der Waals surface area (Å²) >= 11 is 0. The number of ether oxygens (including phenoxy) is 1. The molecule has 0 bridgehead atoms. The summed E-state index contributed by atoms with van der Waals surface area (Å²) in [5.74, 6) is 0.588. The Morgan fingerprint density at radius 2 is 1.81 bits per heavy atom. The summed E-state index contributed by atoms with van der Waals surface area (Å²) in [5.41, 5.74) is 2.54. The second kappa shape index (κ2) is 6.48. The van der Waals surface area contributed by atoms with E-state index >= 15 is 0 Å². The van der Waals surface area contributed by atoms with E-state index in [1.54, 1.807) is 0 Å². The predicted molar refractivity (Wildman–Crippen MR) is 82.6 cm³/mol. The molecule has 4 nitrogen and oxygen atoms in total. The summed E-state index contributed by atoms with van der Waals surface area (Å²) < 4.78 is 5.64. The van der Waals surface area contributed by atoms with Crippen molar-refractivity contribution in [1.82, 2.24) is 5.32 Å². The van der Waals surface area contributed by atoms with E-state index in [1.165, 1.54) is 5.56 Å². The molecule has 4 heteroatoms. The standard InChI is InChI=1S/C17H25NO3/c1-12-8-13(2)16(14(3)9-12)21-10-15(19)18-11-17(20)6-4-5-7-17/h8-9,20H,4-7,10-11H2,1-3H3,(H,18,19). The lowest BCUT2D eigenvalue weighted by atomic mass is 10.0. The molecule has 0 aliphatic heterocycles. The zero-order chi connectivity index (χ0) is 15.5. The van der Waals surface area contributed by atoms with Crippen molar-refractivity contribution in [1.29, 1.82) is 0 Å². The van der Waals surface area contributed by atoms with E-state index < -0.39 is 5.60 Å². The number of hydrogen-bond acceptors (Lipinski definition) is 3. The van der Waals surface area contributed by atoms with Gasteiger partial charge < -0.3 is 15.2 Å². The highest BCUT2D eigenvalue weighted by Gasteiger charge is 2.31. The third kappa shape index (κ3) is 4.21. The quantitative estimate of drug-likeness (QED) is 0.876. The molecule has 1 amide bonds. The van der Waals surface area contributed by atoms with Crippen LogP contribution in [0.5, 0.6) is 5.75 Å². The Morgan fingerprint density at radius 1 is 1.24 bits per heavy atom. The van der Waals surface area contributed by atoms with E-state index in [2.05, 4.69) is 5.32 Å². The van der Waals surface area contributed by atoms with Crippen molar-refractivity contribution >= 4 is 5.91 Å². The molecule has 2 N–H and O–H groups in total. The minimum absolute atomic E-state index is 0.0131. The Balaban J connectivity index is 1.84. The number of aryl methyl sites for hydroxylation is 3. The number of nitrogens with one attached hydrogen (secondary N) is 1. The molecule has 116 valence electrons. The summed E-state index contributed by atoms with van der Waals surface area (Å²) in [7, 11) is 0. The molecule has 1 aliphatic rings. The zero-order valence-electron chi connectivity index (χ0n) is 13.2. The fraction of sp³-hybridized carbons (Fsp3) is 0.588. The Morgan fingerprint density at radius 3 is 2.38 bits per heavy atom.